The smallest absolute Gasteiger partial charge is 0.354 e. The van der Waals surface area contributed by atoms with Crippen LogP contribution >= 0.6 is 23.2 Å². The minimum Gasteiger partial charge on any atom is -0.354 e. The molecule has 0 aliphatic rings. The van der Waals surface area contributed by atoms with Crippen LogP contribution < -0.4 is 9.62 Å². The van der Waals surface area contributed by atoms with Gasteiger partial charge >= 0.3 is 6.18 Å². The second kappa shape index (κ2) is 13.8. The molecule has 3 rings (SSSR count). The first kappa shape index (κ1) is 33.2. The molecule has 0 bridgehead atoms. The molecule has 226 valence electrons. The molecule has 0 heterocycles. The van der Waals surface area contributed by atoms with Crippen LogP contribution in [0.15, 0.2) is 71.6 Å². The Balaban J connectivity index is 2.11. The first-order chi connectivity index (χ1) is 19.6. The number of benzene rings is 3. The van der Waals surface area contributed by atoms with Crippen molar-refractivity contribution in [1.29, 1.82) is 0 Å². The molecule has 0 spiro atoms. The van der Waals surface area contributed by atoms with Gasteiger partial charge in [-0.05, 0) is 68.3 Å². The molecule has 0 fully saturated rings. The molecule has 0 aliphatic carbocycles. The van der Waals surface area contributed by atoms with E-state index in [0.29, 0.717) is 33.9 Å². The predicted molar refractivity (Wildman–Crippen MR) is 157 cm³/mol. The number of amides is 2. The van der Waals surface area contributed by atoms with Gasteiger partial charge in [-0.2, -0.15) is 13.2 Å². The lowest BCUT2D eigenvalue weighted by molar-refractivity contribution is -0.139. The molecule has 7 nitrogen and oxygen atoms in total. The number of hydrogen-bond acceptors (Lipinski definition) is 4. The van der Waals surface area contributed by atoms with Crippen molar-refractivity contribution in [3.63, 3.8) is 0 Å². The third-order valence-electron chi connectivity index (χ3n) is 6.39. The Morgan fingerprint density at radius 3 is 2.26 bits per heavy atom. The van der Waals surface area contributed by atoms with Gasteiger partial charge in [0, 0.05) is 18.1 Å². The van der Waals surface area contributed by atoms with Crippen LogP contribution in [0.5, 0.6) is 0 Å². The number of halogens is 5. The fraction of sp³-hybridized carbons (Fsp3) is 0.310. The summed E-state index contributed by atoms with van der Waals surface area (Å²) in [6, 6.07) is 13.8. The lowest BCUT2D eigenvalue weighted by atomic mass is 10.1. The van der Waals surface area contributed by atoms with Gasteiger partial charge < -0.3 is 10.2 Å². The summed E-state index contributed by atoms with van der Waals surface area (Å²) in [5.74, 6) is -1.31. The molecular formula is C29H30Cl2F3N3O4S. The van der Waals surface area contributed by atoms with Gasteiger partial charge in [0.2, 0.25) is 11.8 Å². The van der Waals surface area contributed by atoms with Crippen LogP contribution in [-0.4, -0.2) is 44.3 Å². The van der Waals surface area contributed by atoms with Crippen molar-refractivity contribution in [2.75, 3.05) is 17.4 Å². The van der Waals surface area contributed by atoms with Crippen molar-refractivity contribution in [2.24, 2.45) is 0 Å². The van der Waals surface area contributed by atoms with Crippen LogP contribution in [0.3, 0.4) is 0 Å². The van der Waals surface area contributed by atoms with E-state index < -0.39 is 56.9 Å². The largest absolute Gasteiger partial charge is 0.417 e. The predicted octanol–water partition coefficient (Wildman–Crippen LogP) is 6.46. The Kier molecular flexibility index (Phi) is 10.9. The number of nitrogens with zero attached hydrogens (tertiary/aromatic N) is 2. The highest BCUT2D eigenvalue weighted by Gasteiger charge is 2.37. The quantitative estimate of drug-likeness (QED) is 0.260. The van der Waals surface area contributed by atoms with E-state index in [4.69, 9.17) is 23.2 Å². The summed E-state index contributed by atoms with van der Waals surface area (Å²) in [6.45, 7) is 4.41. The van der Waals surface area contributed by atoms with Gasteiger partial charge in [0.15, 0.2) is 0 Å². The van der Waals surface area contributed by atoms with E-state index in [2.05, 4.69) is 5.32 Å². The van der Waals surface area contributed by atoms with Crippen molar-refractivity contribution < 1.29 is 31.2 Å². The molecule has 1 atom stereocenters. The number of anilines is 1. The molecule has 0 aromatic heterocycles. The van der Waals surface area contributed by atoms with Gasteiger partial charge in [0.05, 0.1) is 21.2 Å². The van der Waals surface area contributed by atoms with Crippen molar-refractivity contribution >= 4 is 50.7 Å². The molecule has 0 saturated carbocycles. The number of hydrogen-bond donors (Lipinski definition) is 1. The molecule has 0 radical (unpaired) electrons. The van der Waals surface area contributed by atoms with Crippen molar-refractivity contribution in [3.05, 3.63) is 93.5 Å². The zero-order chi connectivity index (χ0) is 31.2. The zero-order valence-electron chi connectivity index (χ0n) is 23.1. The standard InChI is InChI=1S/C29H30Cl2F3N3O4S/c1-4-14-35-28(39)20(3)36(17-21-6-5-7-22(30)15-21)27(38)18-37(42(40,41)24-11-8-19(2)9-12-24)23-10-13-26(31)25(16-23)29(32,33)34/h5-13,15-16,20H,4,14,17-18H2,1-3H3,(H,35,39)/t20-/m0/s1. The Morgan fingerprint density at radius 1 is 1.00 bits per heavy atom. The number of nitrogens with one attached hydrogen (secondary N) is 1. The summed E-state index contributed by atoms with van der Waals surface area (Å²) < 4.78 is 69.5. The Labute approximate surface area is 253 Å². The first-order valence-electron chi connectivity index (χ1n) is 12.9. The summed E-state index contributed by atoms with van der Waals surface area (Å²) in [7, 11) is -4.56. The number of rotatable bonds is 11. The molecule has 3 aromatic carbocycles. The minimum atomic E-state index is -4.89. The summed E-state index contributed by atoms with van der Waals surface area (Å²) in [4.78, 5) is 27.7. The van der Waals surface area contributed by atoms with Crippen LogP contribution in [0.4, 0.5) is 18.9 Å². The van der Waals surface area contributed by atoms with E-state index in [9.17, 15) is 31.2 Å². The topological polar surface area (TPSA) is 86.8 Å². The number of carbonyl (C=O) groups excluding carboxylic acids is 2. The van der Waals surface area contributed by atoms with Crippen LogP contribution in [0, 0.1) is 6.92 Å². The lowest BCUT2D eigenvalue weighted by Crippen LogP contribution is -2.51. The third kappa shape index (κ3) is 8.17. The molecule has 42 heavy (non-hydrogen) atoms. The van der Waals surface area contributed by atoms with E-state index >= 15 is 0 Å². The van der Waals surface area contributed by atoms with E-state index in [1.807, 2.05) is 6.92 Å². The maximum absolute atomic E-state index is 13.9. The summed E-state index contributed by atoms with van der Waals surface area (Å²) >= 11 is 11.9. The summed E-state index contributed by atoms with van der Waals surface area (Å²) in [5, 5.41) is 2.46. The highest BCUT2D eigenvalue weighted by Crippen LogP contribution is 2.38. The van der Waals surface area contributed by atoms with Gasteiger partial charge in [-0.25, -0.2) is 8.42 Å². The molecular weight excluding hydrogens is 614 g/mol. The second-order valence-corrected chi connectivity index (χ2v) is 12.3. The van der Waals surface area contributed by atoms with E-state index in [-0.39, 0.29) is 11.4 Å². The molecule has 2 amide bonds. The van der Waals surface area contributed by atoms with Crippen molar-refractivity contribution in [2.45, 2.75) is 50.9 Å². The van der Waals surface area contributed by atoms with Gasteiger partial charge in [-0.1, -0.05) is 60.0 Å². The van der Waals surface area contributed by atoms with Crippen LogP contribution in [0.25, 0.3) is 0 Å². The van der Waals surface area contributed by atoms with Crippen molar-refractivity contribution in [3.8, 4) is 0 Å². The first-order valence-corrected chi connectivity index (χ1v) is 15.1. The summed E-state index contributed by atoms with van der Waals surface area (Å²) in [6.07, 6.45) is -4.25. The maximum atomic E-state index is 13.9. The fourth-order valence-corrected chi connectivity index (χ4v) is 5.91. The van der Waals surface area contributed by atoms with Crippen LogP contribution in [-0.2, 0) is 32.3 Å². The minimum absolute atomic E-state index is 0.118. The van der Waals surface area contributed by atoms with E-state index in [1.54, 1.807) is 31.2 Å². The normalized spacial score (nSPS) is 12.5. The number of alkyl halides is 3. The van der Waals surface area contributed by atoms with Gasteiger partial charge in [0.25, 0.3) is 10.0 Å². The average Bonchev–Trinajstić information content (AvgIpc) is 2.92. The highest BCUT2D eigenvalue weighted by atomic mass is 35.5. The molecule has 0 unspecified atom stereocenters. The van der Waals surface area contributed by atoms with Crippen LogP contribution in [0.2, 0.25) is 10.0 Å². The number of sulfonamides is 1. The molecule has 1 N–H and O–H groups in total. The molecule has 0 aliphatic heterocycles. The number of carbonyl (C=O) groups is 2. The number of aryl methyl sites for hydroxylation is 1. The van der Waals surface area contributed by atoms with Gasteiger partial charge in [-0.15, -0.1) is 0 Å². The van der Waals surface area contributed by atoms with E-state index in [1.165, 1.54) is 31.2 Å². The highest BCUT2D eigenvalue weighted by molar-refractivity contribution is 7.92. The van der Waals surface area contributed by atoms with E-state index in [0.717, 1.165) is 22.6 Å². The average molecular weight is 645 g/mol. The summed E-state index contributed by atoms with van der Waals surface area (Å²) in [5.41, 5.74) is -0.375. The van der Waals surface area contributed by atoms with Crippen molar-refractivity contribution in [1.82, 2.24) is 10.2 Å². The maximum Gasteiger partial charge on any atom is 0.417 e. The zero-order valence-corrected chi connectivity index (χ0v) is 25.4. The van der Waals surface area contributed by atoms with Gasteiger partial charge in [0.1, 0.15) is 12.6 Å². The lowest BCUT2D eigenvalue weighted by Gasteiger charge is -2.32. The Bertz CT molecular complexity index is 1530. The Morgan fingerprint density at radius 2 is 1.67 bits per heavy atom. The van der Waals surface area contributed by atoms with Gasteiger partial charge in [-0.3, -0.25) is 13.9 Å². The fourth-order valence-electron chi connectivity index (χ4n) is 4.06. The SMILES string of the molecule is CCCNC(=O)[C@H](C)N(Cc1cccc(Cl)c1)C(=O)CN(c1ccc(Cl)c(C(F)(F)F)c1)S(=O)(=O)c1ccc(C)cc1. The second-order valence-electron chi connectivity index (χ2n) is 9.61. The molecule has 3 aromatic rings. The molecule has 0 saturated heterocycles. The monoisotopic (exact) mass is 643 g/mol. The molecule has 13 heteroatoms. The third-order valence-corrected chi connectivity index (χ3v) is 8.74. The Hall–Kier alpha value is -3.28. The van der Waals surface area contributed by atoms with Crippen LogP contribution in [0.1, 0.15) is 37.0 Å².